The van der Waals surface area contributed by atoms with Crippen molar-refractivity contribution in [3.8, 4) is 0 Å². The molecule has 0 unspecified atom stereocenters. The molecule has 1 aliphatic heterocycles. The number of rotatable bonds is 20. The molecule has 0 aromatic heterocycles. The maximum atomic E-state index is 14.1. The van der Waals surface area contributed by atoms with E-state index >= 15 is 0 Å². The fourth-order valence-electron chi connectivity index (χ4n) is 5.14. The van der Waals surface area contributed by atoms with Crippen LogP contribution in [0.3, 0.4) is 0 Å². The van der Waals surface area contributed by atoms with E-state index in [4.69, 9.17) is 23.7 Å². The molecule has 5 atom stereocenters. The topological polar surface area (TPSA) is 138 Å². The highest BCUT2D eigenvalue weighted by atomic mass is 19.4. The lowest BCUT2D eigenvalue weighted by atomic mass is 9.88. The number of ether oxygens (including phenoxy) is 5. The van der Waals surface area contributed by atoms with E-state index in [0.29, 0.717) is 0 Å². The van der Waals surface area contributed by atoms with Crippen molar-refractivity contribution < 1.29 is 123 Å². The van der Waals surface area contributed by atoms with Crippen molar-refractivity contribution in [2.45, 2.75) is 91.2 Å². The van der Waals surface area contributed by atoms with Gasteiger partial charge in [0.1, 0.15) is 6.10 Å². The highest BCUT2D eigenvalue weighted by Gasteiger charge is 2.95. The lowest BCUT2D eigenvalue weighted by Gasteiger charge is -2.42. The Hall–Kier alpha value is -4.76. The van der Waals surface area contributed by atoms with Gasteiger partial charge in [-0.25, -0.2) is 14.4 Å². The van der Waals surface area contributed by atoms with E-state index in [9.17, 15) is 99.2 Å². The number of aliphatic hydroxyl groups excluding tert-OH is 1. The Morgan fingerprint density at radius 3 is 1.47 bits per heavy atom. The van der Waals surface area contributed by atoms with Crippen molar-refractivity contribution in [3.63, 3.8) is 0 Å². The fraction of sp³-hybridized carbons (Fsp3) is 0.514. The summed E-state index contributed by atoms with van der Waals surface area (Å²) in [6.07, 6.45) is -20.4. The number of carbonyl (C=O) groups is 3. The van der Waals surface area contributed by atoms with Gasteiger partial charge in [0, 0.05) is 13.0 Å². The number of carboxylic acids is 1. The molecule has 27 heteroatoms. The summed E-state index contributed by atoms with van der Waals surface area (Å²) in [5, 5.41) is 20.5. The van der Waals surface area contributed by atoms with Crippen LogP contribution in [0.4, 0.5) is 74.6 Å². The smallest absolute Gasteiger partial charge is 0.460 e. The Balaban J connectivity index is 1.67. The number of carbonyl (C=O) groups excluding carboxylic acids is 2. The van der Waals surface area contributed by atoms with Crippen LogP contribution in [0, 0.1) is 0 Å². The van der Waals surface area contributed by atoms with Crippen LogP contribution in [-0.4, -0.2) is 126 Å². The molecule has 2 aromatic carbocycles. The largest absolute Gasteiger partial charge is 0.479 e. The van der Waals surface area contributed by atoms with Gasteiger partial charge in [0.25, 0.3) is 0 Å². The molecule has 348 valence electrons. The van der Waals surface area contributed by atoms with Crippen LogP contribution in [0.2, 0.25) is 0 Å². The van der Waals surface area contributed by atoms with E-state index in [1.807, 2.05) is 0 Å². The van der Waals surface area contributed by atoms with Crippen LogP contribution in [-0.2, 0) is 28.5 Å². The first-order valence-corrected chi connectivity index (χ1v) is 17.0. The van der Waals surface area contributed by atoms with E-state index in [1.54, 1.807) is 0 Å². The summed E-state index contributed by atoms with van der Waals surface area (Å²) >= 11 is 0. The van der Waals surface area contributed by atoms with Crippen LogP contribution in [0.25, 0.3) is 0 Å². The van der Waals surface area contributed by atoms with Crippen LogP contribution in [0.1, 0.15) is 33.6 Å². The van der Waals surface area contributed by atoms with Gasteiger partial charge in [-0.3, -0.25) is 0 Å². The van der Waals surface area contributed by atoms with Gasteiger partial charge in [-0.2, -0.15) is 74.6 Å². The summed E-state index contributed by atoms with van der Waals surface area (Å²) in [6.45, 7) is -2.60. The first-order chi connectivity index (χ1) is 28.3. The molecule has 2 aromatic rings. The Morgan fingerprint density at radius 2 is 1.02 bits per heavy atom. The second-order valence-electron chi connectivity index (χ2n) is 12.9. The van der Waals surface area contributed by atoms with Crippen LogP contribution in [0.15, 0.2) is 72.8 Å². The second kappa shape index (κ2) is 18.9. The third kappa shape index (κ3) is 10.0. The predicted octanol–water partition coefficient (Wildman–Crippen LogP) is 7.99. The van der Waals surface area contributed by atoms with Gasteiger partial charge in [-0.15, -0.1) is 0 Å². The fourth-order valence-corrected chi connectivity index (χ4v) is 5.14. The van der Waals surface area contributed by atoms with Crippen molar-refractivity contribution in [2.24, 2.45) is 0 Å². The zero-order valence-corrected chi connectivity index (χ0v) is 30.4. The number of hydrogen-bond donors (Lipinski definition) is 2. The molecule has 0 amide bonds. The summed E-state index contributed by atoms with van der Waals surface area (Å²) in [5.41, 5.74) is -0.175. The maximum absolute atomic E-state index is 14.1. The molecular weight excluding hydrogens is 903 g/mol. The van der Waals surface area contributed by atoms with Gasteiger partial charge >= 0.3 is 65.5 Å². The molecule has 2 N–H and O–H groups in total. The number of esters is 2. The lowest BCUT2D eigenvalue weighted by molar-refractivity contribution is -0.461. The molecule has 1 heterocycles. The van der Waals surface area contributed by atoms with Gasteiger partial charge in [0.2, 0.25) is 0 Å². The van der Waals surface area contributed by atoms with Crippen molar-refractivity contribution in [3.05, 3.63) is 83.9 Å². The number of aliphatic carboxylic acids is 1. The van der Waals surface area contributed by atoms with Gasteiger partial charge in [0.15, 0.2) is 24.6 Å². The first-order valence-electron chi connectivity index (χ1n) is 17.0. The molecule has 10 nitrogen and oxygen atoms in total. The van der Waals surface area contributed by atoms with E-state index in [1.165, 1.54) is 60.7 Å². The normalized spacial score (nSPS) is 21.2. The zero-order chi connectivity index (χ0) is 47.3. The van der Waals surface area contributed by atoms with E-state index in [0.717, 1.165) is 12.2 Å². The minimum Gasteiger partial charge on any atom is -0.479 e. The summed E-state index contributed by atoms with van der Waals surface area (Å²) < 4.78 is 255. The average Bonchev–Trinajstić information content (AvgIpc) is 3.18. The number of alkyl halides is 17. The number of hydrogen-bond acceptors (Lipinski definition) is 9. The Morgan fingerprint density at radius 1 is 0.597 bits per heavy atom. The Kier molecular flexibility index (Phi) is 15.7. The molecule has 3 rings (SSSR count). The number of halogens is 17. The minimum absolute atomic E-state index is 0.0854. The molecule has 0 bridgehead atoms. The van der Waals surface area contributed by atoms with Crippen LogP contribution < -0.4 is 0 Å². The molecule has 0 radical (unpaired) electrons. The average molecular weight is 933 g/mol. The maximum Gasteiger partial charge on any atom is 0.460 e. The van der Waals surface area contributed by atoms with E-state index in [-0.39, 0.29) is 11.1 Å². The van der Waals surface area contributed by atoms with Gasteiger partial charge in [0.05, 0.1) is 24.3 Å². The van der Waals surface area contributed by atoms with Crippen molar-refractivity contribution in [1.82, 2.24) is 0 Å². The van der Waals surface area contributed by atoms with Crippen molar-refractivity contribution in [2.75, 3.05) is 19.8 Å². The molecule has 0 saturated carbocycles. The van der Waals surface area contributed by atoms with Gasteiger partial charge < -0.3 is 33.9 Å². The second-order valence-corrected chi connectivity index (χ2v) is 12.9. The molecule has 62 heavy (non-hydrogen) atoms. The third-order valence-electron chi connectivity index (χ3n) is 8.57. The van der Waals surface area contributed by atoms with Gasteiger partial charge in [-0.05, 0) is 30.7 Å². The lowest BCUT2D eigenvalue weighted by Crippen LogP contribution is -2.74. The molecule has 1 aliphatic rings. The molecule has 0 aliphatic carbocycles. The third-order valence-corrected chi connectivity index (χ3v) is 8.57. The standard InChI is InChI=1S/C35H29F17O10/c36-28(37,29(38,39)30(40,41)31(42,43)32(44,45)33(46,47)34(48,49)35(50,51)52)14-9-16-58-15-7-8-17-59-27-23(61-26(57)19-12-5-2-6-13-19)21(20(53)22(62-27)24(54)55)60-25(56)18-10-3-1-4-11-18/h1-8,10-13,20-23,27,53H,9,14-17H2,(H,54,55)/b8-7-/t20-,21+,22+,23-,27-/m1/s1. The zero-order valence-electron chi connectivity index (χ0n) is 30.4. The molecule has 1 fully saturated rings. The summed E-state index contributed by atoms with van der Waals surface area (Å²) in [5.74, 6) is -61.1. The predicted molar refractivity (Wildman–Crippen MR) is 169 cm³/mol. The Bertz CT molecular complexity index is 1860. The van der Waals surface area contributed by atoms with Crippen LogP contribution >= 0.6 is 0 Å². The van der Waals surface area contributed by atoms with Crippen molar-refractivity contribution >= 4 is 17.9 Å². The van der Waals surface area contributed by atoms with Crippen LogP contribution in [0.5, 0.6) is 0 Å². The SMILES string of the molecule is O=C(O[C@H]1[C@H](OC/C=C\COCCCC(F)(F)C(F)(F)C(F)(F)C(F)(F)C(F)(F)C(F)(F)C(F)(F)C(F)(F)F)O[C@H](C(=O)O)[C@H](O)[C@@H]1OC(=O)c1ccccc1)c1ccccc1. The number of aliphatic hydroxyl groups is 1. The quantitative estimate of drug-likeness (QED) is 0.0582. The van der Waals surface area contributed by atoms with Gasteiger partial charge in [-0.1, -0.05) is 48.6 Å². The molecule has 1 saturated heterocycles. The van der Waals surface area contributed by atoms with E-state index in [2.05, 4.69) is 0 Å². The summed E-state index contributed by atoms with van der Waals surface area (Å²) in [7, 11) is 0. The number of carboxylic acid groups (broad SMARTS) is 1. The molecule has 0 spiro atoms. The van der Waals surface area contributed by atoms with E-state index < -0.39 is 129 Å². The Labute approximate surface area is 336 Å². The molecular formula is C35H29F17O10. The highest BCUT2D eigenvalue weighted by Crippen LogP contribution is 2.64. The minimum atomic E-state index is -8.73. The number of benzene rings is 2. The first kappa shape index (κ1) is 51.6. The summed E-state index contributed by atoms with van der Waals surface area (Å²) in [4.78, 5) is 37.8. The monoisotopic (exact) mass is 932 g/mol. The highest BCUT2D eigenvalue weighted by molar-refractivity contribution is 5.90. The summed E-state index contributed by atoms with van der Waals surface area (Å²) in [6, 6.07) is 13.9. The van der Waals surface area contributed by atoms with Crippen molar-refractivity contribution in [1.29, 1.82) is 0 Å².